The summed E-state index contributed by atoms with van der Waals surface area (Å²) >= 11 is 0. The van der Waals surface area contributed by atoms with Gasteiger partial charge < -0.3 is 15.8 Å². The molecule has 0 aliphatic heterocycles. The quantitative estimate of drug-likeness (QED) is 0.878. The summed E-state index contributed by atoms with van der Waals surface area (Å²) < 4.78 is 5.74. The zero-order chi connectivity index (χ0) is 16.2. The highest BCUT2D eigenvalue weighted by molar-refractivity contribution is 5.78. The van der Waals surface area contributed by atoms with Gasteiger partial charge in [0.05, 0.1) is 0 Å². The van der Waals surface area contributed by atoms with Crippen LogP contribution in [0.4, 0.5) is 0 Å². The van der Waals surface area contributed by atoms with Gasteiger partial charge in [0.1, 0.15) is 5.75 Å². The van der Waals surface area contributed by atoms with Gasteiger partial charge in [0.25, 0.3) is 5.91 Å². The van der Waals surface area contributed by atoms with E-state index in [9.17, 15) is 4.79 Å². The molecule has 1 amide bonds. The fraction of sp³-hybridized carbons (Fsp3) is 0.632. The zero-order valence-electron chi connectivity index (χ0n) is 14.0. The van der Waals surface area contributed by atoms with E-state index in [1.54, 1.807) is 0 Å². The van der Waals surface area contributed by atoms with Crippen LogP contribution in [0.1, 0.15) is 44.6 Å². The van der Waals surface area contributed by atoms with Crippen LogP contribution in [0.25, 0.3) is 0 Å². The minimum absolute atomic E-state index is 0.00622. The monoisotopic (exact) mass is 316 g/mol. The maximum atomic E-state index is 12.3. The van der Waals surface area contributed by atoms with Crippen molar-refractivity contribution in [1.82, 2.24) is 5.32 Å². The number of ether oxygens (including phenoxy) is 1. The molecular formula is C19H28N2O2. The SMILES string of the molecule is CCc1ccccc1OCC(=O)NC1C2CCCC1CC(N)C2. The molecule has 3 N–H and O–H groups in total. The summed E-state index contributed by atoms with van der Waals surface area (Å²) in [7, 11) is 0. The Balaban J connectivity index is 1.55. The van der Waals surface area contributed by atoms with Gasteiger partial charge in [-0.05, 0) is 55.6 Å². The average molecular weight is 316 g/mol. The summed E-state index contributed by atoms with van der Waals surface area (Å²) in [6, 6.07) is 8.52. The number of benzene rings is 1. The second kappa shape index (κ2) is 7.35. The number of nitrogens with two attached hydrogens (primary N) is 1. The number of hydrogen-bond acceptors (Lipinski definition) is 3. The highest BCUT2D eigenvalue weighted by Crippen LogP contribution is 2.39. The highest BCUT2D eigenvalue weighted by atomic mass is 16.5. The molecule has 0 saturated heterocycles. The summed E-state index contributed by atoms with van der Waals surface area (Å²) in [4.78, 5) is 12.3. The second-order valence-electron chi connectivity index (χ2n) is 7.03. The molecular weight excluding hydrogens is 288 g/mol. The Bertz CT molecular complexity index is 532. The number of carbonyl (C=O) groups is 1. The van der Waals surface area contributed by atoms with Crippen LogP contribution in [0.15, 0.2) is 24.3 Å². The van der Waals surface area contributed by atoms with E-state index < -0.39 is 0 Å². The van der Waals surface area contributed by atoms with Crippen LogP contribution in [0.5, 0.6) is 5.75 Å². The number of carbonyl (C=O) groups excluding carboxylic acids is 1. The molecule has 23 heavy (non-hydrogen) atoms. The Morgan fingerprint density at radius 3 is 2.65 bits per heavy atom. The van der Waals surface area contributed by atoms with Crippen LogP contribution in [0.2, 0.25) is 0 Å². The lowest BCUT2D eigenvalue weighted by Gasteiger charge is -2.45. The third-order valence-electron chi connectivity index (χ3n) is 5.42. The van der Waals surface area contributed by atoms with Crippen LogP contribution in [-0.2, 0) is 11.2 Å². The third kappa shape index (κ3) is 3.86. The fourth-order valence-electron chi connectivity index (χ4n) is 4.33. The first kappa shape index (κ1) is 16.3. The second-order valence-corrected chi connectivity index (χ2v) is 7.03. The van der Waals surface area contributed by atoms with Crippen molar-refractivity contribution >= 4 is 5.91 Å². The van der Waals surface area contributed by atoms with E-state index >= 15 is 0 Å². The van der Waals surface area contributed by atoms with Crippen molar-refractivity contribution in [3.8, 4) is 5.75 Å². The Labute approximate surface area is 138 Å². The smallest absolute Gasteiger partial charge is 0.258 e. The lowest BCUT2D eigenvalue weighted by Crippen LogP contribution is -2.54. The summed E-state index contributed by atoms with van der Waals surface area (Å²) in [5.41, 5.74) is 7.29. The third-order valence-corrected chi connectivity index (χ3v) is 5.42. The van der Waals surface area contributed by atoms with Crippen molar-refractivity contribution in [1.29, 1.82) is 0 Å². The van der Waals surface area contributed by atoms with Gasteiger partial charge in [-0.15, -0.1) is 0 Å². The van der Waals surface area contributed by atoms with Crippen LogP contribution < -0.4 is 15.8 Å². The highest BCUT2D eigenvalue weighted by Gasteiger charge is 2.39. The number of fused-ring (bicyclic) bond motifs is 2. The molecule has 0 heterocycles. The molecule has 1 aromatic rings. The van der Waals surface area contributed by atoms with E-state index in [0.717, 1.165) is 30.6 Å². The molecule has 0 radical (unpaired) electrons. The average Bonchev–Trinajstić information content (AvgIpc) is 2.54. The first-order valence-electron chi connectivity index (χ1n) is 8.93. The molecule has 4 heteroatoms. The summed E-state index contributed by atoms with van der Waals surface area (Å²) in [6.07, 6.45) is 6.64. The molecule has 126 valence electrons. The molecule has 2 unspecified atom stereocenters. The van der Waals surface area contributed by atoms with E-state index in [1.807, 2.05) is 24.3 Å². The maximum Gasteiger partial charge on any atom is 0.258 e. The fourth-order valence-corrected chi connectivity index (χ4v) is 4.33. The van der Waals surface area contributed by atoms with E-state index in [-0.39, 0.29) is 12.5 Å². The molecule has 2 aliphatic rings. The minimum atomic E-state index is -0.00622. The molecule has 3 rings (SSSR count). The van der Waals surface area contributed by atoms with Gasteiger partial charge >= 0.3 is 0 Å². The Morgan fingerprint density at radius 1 is 1.26 bits per heavy atom. The number of nitrogens with one attached hydrogen (secondary N) is 1. The normalized spacial score (nSPS) is 29.8. The summed E-state index contributed by atoms with van der Waals surface area (Å²) in [5, 5.41) is 3.23. The van der Waals surface area contributed by atoms with Crippen LogP contribution in [0.3, 0.4) is 0 Å². The van der Waals surface area contributed by atoms with Gasteiger partial charge in [0, 0.05) is 12.1 Å². The predicted molar refractivity (Wildman–Crippen MR) is 91.3 cm³/mol. The number of amides is 1. The van der Waals surface area contributed by atoms with Gasteiger partial charge in [0.2, 0.25) is 0 Å². The minimum Gasteiger partial charge on any atom is -0.483 e. The molecule has 1 aromatic carbocycles. The summed E-state index contributed by atoms with van der Waals surface area (Å²) in [5.74, 6) is 1.90. The van der Waals surface area contributed by atoms with E-state index in [4.69, 9.17) is 10.5 Å². The summed E-state index contributed by atoms with van der Waals surface area (Å²) in [6.45, 7) is 2.19. The van der Waals surface area contributed by atoms with E-state index in [0.29, 0.717) is 23.9 Å². The lowest BCUT2D eigenvalue weighted by molar-refractivity contribution is -0.125. The predicted octanol–water partition coefficient (Wildman–Crippen LogP) is 2.65. The topological polar surface area (TPSA) is 64.3 Å². The molecule has 2 atom stereocenters. The molecule has 4 nitrogen and oxygen atoms in total. The Morgan fingerprint density at radius 2 is 1.96 bits per heavy atom. The Hall–Kier alpha value is -1.55. The van der Waals surface area contributed by atoms with Crippen molar-refractivity contribution in [2.45, 2.75) is 57.5 Å². The zero-order valence-corrected chi connectivity index (χ0v) is 14.0. The van der Waals surface area contributed by atoms with Gasteiger partial charge in [-0.1, -0.05) is 31.5 Å². The van der Waals surface area contributed by atoms with Crippen LogP contribution in [-0.4, -0.2) is 24.6 Å². The van der Waals surface area contributed by atoms with Gasteiger partial charge in [-0.3, -0.25) is 4.79 Å². The molecule has 0 spiro atoms. The van der Waals surface area contributed by atoms with E-state index in [2.05, 4.69) is 12.2 Å². The number of hydrogen-bond donors (Lipinski definition) is 2. The van der Waals surface area contributed by atoms with Gasteiger partial charge in [0.15, 0.2) is 6.61 Å². The first-order chi connectivity index (χ1) is 11.2. The van der Waals surface area contributed by atoms with Crippen LogP contribution in [0, 0.1) is 11.8 Å². The Kier molecular flexibility index (Phi) is 5.21. The van der Waals surface area contributed by atoms with Gasteiger partial charge in [-0.2, -0.15) is 0 Å². The number of rotatable bonds is 5. The number of para-hydroxylation sites is 1. The van der Waals surface area contributed by atoms with Crippen molar-refractivity contribution in [3.05, 3.63) is 29.8 Å². The molecule has 0 aromatic heterocycles. The van der Waals surface area contributed by atoms with E-state index in [1.165, 1.54) is 19.3 Å². The van der Waals surface area contributed by atoms with Gasteiger partial charge in [-0.25, -0.2) is 0 Å². The van der Waals surface area contributed by atoms with Crippen molar-refractivity contribution in [2.75, 3.05) is 6.61 Å². The maximum absolute atomic E-state index is 12.3. The molecule has 2 aliphatic carbocycles. The first-order valence-corrected chi connectivity index (χ1v) is 8.93. The standard InChI is InChI=1S/C19H28N2O2/c1-2-13-6-3-4-9-17(13)23-12-18(22)21-19-14-7-5-8-15(19)11-16(20)10-14/h3-4,6,9,14-16,19H,2,5,7-8,10-12,20H2,1H3,(H,21,22). The molecule has 2 fully saturated rings. The van der Waals surface area contributed by atoms with Crippen molar-refractivity contribution in [2.24, 2.45) is 17.6 Å². The van der Waals surface area contributed by atoms with Crippen LogP contribution >= 0.6 is 0 Å². The van der Waals surface area contributed by atoms with Crippen molar-refractivity contribution < 1.29 is 9.53 Å². The number of aryl methyl sites for hydroxylation is 1. The molecule has 2 bridgehead atoms. The lowest BCUT2D eigenvalue weighted by atomic mass is 9.67. The largest absolute Gasteiger partial charge is 0.483 e. The molecule has 2 saturated carbocycles. The van der Waals surface area contributed by atoms with Crippen molar-refractivity contribution in [3.63, 3.8) is 0 Å².